The molecule has 1 aliphatic rings. The average molecular weight is 256 g/mol. The molecule has 0 bridgehead atoms. The predicted octanol–water partition coefficient (Wildman–Crippen LogP) is 2.95. The molecule has 1 saturated carbocycles. The van der Waals surface area contributed by atoms with Crippen molar-refractivity contribution in [1.29, 1.82) is 0 Å². The summed E-state index contributed by atoms with van der Waals surface area (Å²) in [6.45, 7) is 1.08. The van der Waals surface area contributed by atoms with Crippen LogP contribution in [0.15, 0.2) is 11.6 Å². The molecule has 1 N–H and O–H groups in total. The summed E-state index contributed by atoms with van der Waals surface area (Å²) in [5.41, 5.74) is 0. The van der Waals surface area contributed by atoms with E-state index >= 15 is 0 Å². The normalized spacial score (nSPS) is 25.8. The van der Waals surface area contributed by atoms with Gasteiger partial charge in [-0.25, -0.2) is 4.98 Å². The molecule has 16 heavy (non-hydrogen) atoms. The molecule has 0 amide bonds. The van der Waals surface area contributed by atoms with Crippen LogP contribution in [0, 0.1) is 0 Å². The van der Waals surface area contributed by atoms with Gasteiger partial charge in [-0.15, -0.1) is 11.3 Å². The molecule has 4 heteroatoms. The van der Waals surface area contributed by atoms with Crippen LogP contribution in [0.3, 0.4) is 0 Å². The maximum absolute atomic E-state index is 4.31. The van der Waals surface area contributed by atoms with Crippen molar-refractivity contribution in [1.82, 2.24) is 10.3 Å². The van der Waals surface area contributed by atoms with Crippen molar-refractivity contribution in [3.8, 4) is 0 Å². The van der Waals surface area contributed by atoms with Crippen molar-refractivity contribution >= 4 is 23.1 Å². The Morgan fingerprint density at radius 2 is 2.38 bits per heavy atom. The molecule has 2 nitrogen and oxygen atoms in total. The Kier molecular flexibility index (Phi) is 5.13. The zero-order valence-corrected chi connectivity index (χ0v) is 11.4. The first-order valence-corrected chi connectivity index (χ1v) is 8.21. The topological polar surface area (TPSA) is 24.9 Å². The van der Waals surface area contributed by atoms with Gasteiger partial charge in [0, 0.05) is 35.8 Å². The molecular weight excluding hydrogens is 236 g/mol. The molecule has 0 radical (unpaired) electrons. The Morgan fingerprint density at radius 3 is 3.12 bits per heavy atom. The lowest BCUT2D eigenvalue weighted by molar-refractivity contribution is 0.386. The van der Waals surface area contributed by atoms with Gasteiger partial charge in [0.05, 0.1) is 5.01 Å². The number of thiazole rings is 1. The molecule has 2 atom stereocenters. The molecule has 1 aromatic heterocycles. The molecule has 0 spiro atoms. The SMILES string of the molecule is CSC1CCCCC1NCCc1nccs1. The fourth-order valence-electron chi connectivity index (χ4n) is 2.35. The Hall–Kier alpha value is -0.0600. The first-order chi connectivity index (χ1) is 7.90. The average Bonchev–Trinajstić information content (AvgIpc) is 2.83. The summed E-state index contributed by atoms with van der Waals surface area (Å²) in [7, 11) is 0. The van der Waals surface area contributed by atoms with E-state index in [1.807, 2.05) is 18.0 Å². The Morgan fingerprint density at radius 1 is 1.50 bits per heavy atom. The summed E-state index contributed by atoms with van der Waals surface area (Å²) in [6, 6.07) is 0.726. The molecule has 2 unspecified atom stereocenters. The minimum Gasteiger partial charge on any atom is -0.312 e. The van der Waals surface area contributed by atoms with Crippen molar-refractivity contribution in [2.24, 2.45) is 0 Å². The number of thioether (sulfide) groups is 1. The van der Waals surface area contributed by atoms with Crippen LogP contribution in [0.2, 0.25) is 0 Å². The lowest BCUT2D eigenvalue weighted by Crippen LogP contribution is -2.41. The standard InChI is InChI=1S/C12H20N2S2/c1-15-11-5-3-2-4-10(11)13-7-6-12-14-8-9-16-12/h8-11,13H,2-7H2,1H3. The molecule has 90 valence electrons. The highest BCUT2D eigenvalue weighted by Gasteiger charge is 2.23. The first-order valence-electron chi connectivity index (χ1n) is 6.04. The Balaban J connectivity index is 1.71. The summed E-state index contributed by atoms with van der Waals surface area (Å²) in [6.07, 6.45) is 10.8. The van der Waals surface area contributed by atoms with E-state index in [1.165, 1.54) is 30.7 Å². The van der Waals surface area contributed by atoms with Crippen LogP contribution < -0.4 is 5.32 Å². The summed E-state index contributed by atoms with van der Waals surface area (Å²) >= 11 is 3.79. The molecule has 0 aliphatic heterocycles. The third-order valence-electron chi connectivity index (χ3n) is 3.23. The van der Waals surface area contributed by atoms with Crippen LogP contribution in [0.5, 0.6) is 0 Å². The fraction of sp³-hybridized carbons (Fsp3) is 0.750. The molecule has 2 rings (SSSR count). The molecular formula is C12H20N2S2. The lowest BCUT2D eigenvalue weighted by Gasteiger charge is -2.31. The largest absolute Gasteiger partial charge is 0.312 e. The van der Waals surface area contributed by atoms with Gasteiger partial charge in [-0.1, -0.05) is 12.8 Å². The number of hydrogen-bond donors (Lipinski definition) is 1. The second-order valence-electron chi connectivity index (χ2n) is 4.30. The van der Waals surface area contributed by atoms with Crippen molar-refractivity contribution in [3.63, 3.8) is 0 Å². The summed E-state index contributed by atoms with van der Waals surface area (Å²) in [5.74, 6) is 0. The summed E-state index contributed by atoms with van der Waals surface area (Å²) in [5, 5.41) is 7.84. The smallest absolute Gasteiger partial charge is 0.0937 e. The first kappa shape index (κ1) is 12.4. The van der Waals surface area contributed by atoms with Gasteiger partial charge in [0.25, 0.3) is 0 Å². The highest BCUT2D eigenvalue weighted by atomic mass is 32.2. The van der Waals surface area contributed by atoms with Crippen molar-refractivity contribution in [2.75, 3.05) is 12.8 Å². The summed E-state index contributed by atoms with van der Waals surface area (Å²) < 4.78 is 0. The molecule has 1 heterocycles. The molecule has 0 saturated heterocycles. The Bertz CT molecular complexity index is 287. The van der Waals surface area contributed by atoms with Crippen LogP contribution in [-0.4, -0.2) is 29.1 Å². The van der Waals surface area contributed by atoms with E-state index in [1.54, 1.807) is 11.3 Å². The van der Waals surface area contributed by atoms with Gasteiger partial charge in [-0.05, 0) is 19.1 Å². The van der Waals surface area contributed by atoms with Crippen molar-refractivity contribution in [3.05, 3.63) is 16.6 Å². The van der Waals surface area contributed by atoms with Gasteiger partial charge in [-0.2, -0.15) is 11.8 Å². The van der Waals surface area contributed by atoms with E-state index in [9.17, 15) is 0 Å². The molecule has 0 aromatic carbocycles. The van der Waals surface area contributed by atoms with E-state index in [4.69, 9.17) is 0 Å². The van der Waals surface area contributed by atoms with Crippen LogP contribution >= 0.6 is 23.1 Å². The monoisotopic (exact) mass is 256 g/mol. The van der Waals surface area contributed by atoms with Gasteiger partial charge in [0.1, 0.15) is 0 Å². The second-order valence-corrected chi connectivity index (χ2v) is 6.35. The molecule has 1 aliphatic carbocycles. The summed E-state index contributed by atoms with van der Waals surface area (Å²) in [4.78, 5) is 4.31. The third kappa shape index (κ3) is 3.47. The predicted molar refractivity (Wildman–Crippen MR) is 73.4 cm³/mol. The van der Waals surface area contributed by atoms with Crippen LogP contribution in [0.4, 0.5) is 0 Å². The zero-order chi connectivity index (χ0) is 11.2. The van der Waals surface area contributed by atoms with E-state index in [0.717, 1.165) is 24.3 Å². The minimum atomic E-state index is 0.726. The maximum atomic E-state index is 4.31. The second kappa shape index (κ2) is 6.62. The number of nitrogens with zero attached hydrogens (tertiary/aromatic N) is 1. The van der Waals surface area contributed by atoms with E-state index < -0.39 is 0 Å². The zero-order valence-electron chi connectivity index (χ0n) is 9.82. The molecule has 1 fully saturated rings. The highest BCUT2D eigenvalue weighted by molar-refractivity contribution is 7.99. The van der Waals surface area contributed by atoms with Crippen molar-refractivity contribution < 1.29 is 0 Å². The van der Waals surface area contributed by atoms with Gasteiger partial charge in [-0.3, -0.25) is 0 Å². The van der Waals surface area contributed by atoms with E-state index in [2.05, 4.69) is 21.9 Å². The van der Waals surface area contributed by atoms with Crippen LogP contribution in [0.25, 0.3) is 0 Å². The number of aromatic nitrogens is 1. The lowest BCUT2D eigenvalue weighted by atomic mass is 9.95. The van der Waals surface area contributed by atoms with Gasteiger partial charge >= 0.3 is 0 Å². The third-order valence-corrected chi connectivity index (χ3v) is 5.24. The Labute approximate surface area is 106 Å². The van der Waals surface area contributed by atoms with Crippen LogP contribution in [0.1, 0.15) is 30.7 Å². The van der Waals surface area contributed by atoms with Gasteiger partial charge in [0.15, 0.2) is 0 Å². The number of rotatable bonds is 5. The number of nitrogens with one attached hydrogen (secondary N) is 1. The maximum Gasteiger partial charge on any atom is 0.0937 e. The quantitative estimate of drug-likeness (QED) is 0.877. The van der Waals surface area contributed by atoms with E-state index in [0.29, 0.717) is 0 Å². The molecule has 1 aromatic rings. The van der Waals surface area contributed by atoms with Gasteiger partial charge in [0.2, 0.25) is 0 Å². The fourth-order valence-corrected chi connectivity index (χ4v) is 3.94. The van der Waals surface area contributed by atoms with E-state index in [-0.39, 0.29) is 0 Å². The van der Waals surface area contributed by atoms with Gasteiger partial charge < -0.3 is 5.32 Å². The highest BCUT2D eigenvalue weighted by Crippen LogP contribution is 2.27. The van der Waals surface area contributed by atoms with Crippen molar-refractivity contribution in [2.45, 2.75) is 43.4 Å². The minimum absolute atomic E-state index is 0.726. The number of hydrogen-bond acceptors (Lipinski definition) is 4. The van der Waals surface area contributed by atoms with Crippen LogP contribution in [-0.2, 0) is 6.42 Å².